The average molecular weight is 411 g/mol. The first-order valence-corrected chi connectivity index (χ1v) is 10.9. The number of rotatable bonds is 6. The van der Waals surface area contributed by atoms with E-state index < -0.39 is 10.0 Å². The summed E-state index contributed by atoms with van der Waals surface area (Å²) in [6.07, 6.45) is 8.25. The van der Waals surface area contributed by atoms with E-state index in [-0.39, 0.29) is 10.8 Å². The van der Waals surface area contributed by atoms with E-state index >= 15 is 0 Å². The summed E-state index contributed by atoms with van der Waals surface area (Å²) < 4.78 is 33.1. The second kappa shape index (κ2) is 8.44. The van der Waals surface area contributed by atoms with Gasteiger partial charge in [0.1, 0.15) is 11.5 Å². The molecule has 0 radical (unpaired) electrons. The Labute approximate surface area is 169 Å². The van der Waals surface area contributed by atoms with Gasteiger partial charge in [0.05, 0.1) is 11.1 Å². The maximum absolute atomic E-state index is 12.5. The Kier molecular flexibility index (Phi) is 5.57. The number of hydrazone groups is 1. The van der Waals surface area contributed by atoms with Crippen molar-refractivity contribution < 1.29 is 12.8 Å². The third-order valence-electron chi connectivity index (χ3n) is 4.55. The lowest BCUT2D eigenvalue weighted by molar-refractivity contribution is 0.240. The number of sulfonamides is 1. The van der Waals surface area contributed by atoms with Crippen LogP contribution >= 0.6 is 0 Å². The van der Waals surface area contributed by atoms with Crippen molar-refractivity contribution in [2.75, 3.05) is 17.8 Å². The zero-order chi connectivity index (χ0) is 20.1. The number of aromatic nitrogens is 2. The molecule has 0 spiro atoms. The maximum Gasteiger partial charge on any atom is 0.264 e. The van der Waals surface area contributed by atoms with Crippen LogP contribution in [0, 0.1) is 0 Å². The molecule has 1 fully saturated rings. The molecule has 0 bridgehead atoms. The minimum absolute atomic E-state index is 0.0280. The largest absolute Gasteiger partial charge is 0.455 e. The first-order valence-electron chi connectivity index (χ1n) is 9.39. The first kappa shape index (κ1) is 19.1. The first-order chi connectivity index (χ1) is 14.1. The molecule has 8 nitrogen and oxygen atoms in total. The van der Waals surface area contributed by atoms with Crippen LogP contribution in [-0.2, 0) is 10.0 Å². The molecule has 9 heteroatoms. The number of hydrogen-bond donors (Lipinski definition) is 1. The lowest BCUT2D eigenvalue weighted by Gasteiger charge is -2.22. The highest BCUT2D eigenvalue weighted by Gasteiger charge is 2.16. The van der Waals surface area contributed by atoms with Gasteiger partial charge in [-0.15, -0.1) is 0 Å². The van der Waals surface area contributed by atoms with E-state index in [0.717, 1.165) is 18.7 Å². The predicted molar refractivity (Wildman–Crippen MR) is 110 cm³/mol. The van der Waals surface area contributed by atoms with Gasteiger partial charge in [-0.05, 0) is 61.7 Å². The van der Waals surface area contributed by atoms with Crippen molar-refractivity contribution >= 4 is 22.2 Å². The van der Waals surface area contributed by atoms with Crippen molar-refractivity contribution in [1.82, 2.24) is 15.0 Å². The van der Waals surface area contributed by atoms with E-state index in [4.69, 9.17) is 4.42 Å². The van der Waals surface area contributed by atoms with Crippen molar-refractivity contribution in [3.63, 3.8) is 0 Å². The Morgan fingerprint density at radius 3 is 2.45 bits per heavy atom. The smallest absolute Gasteiger partial charge is 0.264 e. The summed E-state index contributed by atoms with van der Waals surface area (Å²) in [4.78, 5) is 7.87. The van der Waals surface area contributed by atoms with Gasteiger partial charge in [0, 0.05) is 31.0 Å². The third-order valence-corrected chi connectivity index (χ3v) is 5.89. The van der Waals surface area contributed by atoms with E-state index in [2.05, 4.69) is 24.8 Å². The molecular formula is C20H21N5O3S. The van der Waals surface area contributed by atoms with Gasteiger partial charge in [-0.3, -0.25) is 5.01 Å². The zero-order valence-electron chi connectivity index (χ0n) is 15.7. The van der Waals surface area contributed by atoms with Crippen LogP contribution in [0.2, 0.25) is 0 Å². The molecule has 0 aliphatic carbocycles. The maximum atomic E-state index is 12.5. The second-order valence-electron chi connectivity index (χ2n) is 6.66. The number of nitrogens with one attached hydrogen (secondary N) is 1. The topological polar surface area (TPSA) is 101 Å². The molecule has 0 unspecified atom stereocenters. The van der Waals surface area contributed by atoms with E-state index in [0.29, 0.717) is 11.5 Å². The van der Waals surface area contributed by atoms with Crippen molar-refractivity contribution in [2.24, 2.45) is 5.10 Å². The fraction of sp³-hybridized carbons (Fsp3) is 0.250. The molecule has 150 valence electrons. The highest BCUT2D eigenvalue weighted by Crippen LogP contribution is 2.24. The predicted octanol–water partition coefficient (Wildman–Crippen LogP) is 3.36. The summed E-state index contributed by atoms with van der Waals surface area (Å²) in [5.74, 6) is 1.33. The van der Waals surface area contributed by atoms with Crippen LogP contribution < -0.4 is 4.72 Å². The third kappa shape index (κ3) is 4.80. The van der Waals surface area contributed by atoms with E-state index in [1.807, 2.05) is 12.1 Å². The zero-order valence-corrected chi connectivity index (χ0v) is 16.5. The van der Waals surface area contributed by atoms with Gasteiger partial charge in [-0.1, -0.05) is 0 Å². The SMILES string of the molecule is O=S(=O)(Nc1ncccn1)c1ccc(-c2ccc(/C=N\N3CCCCC3)o2)cc1. The van der Waals surface area contributed by atoms with E-state index in [9.17, 15) is 8.42 Å². The Morgan fingerprint density at radius 2 is 1.72 bits per heavy atom. The number of nitrogens with zero attached hydrogens (tertiary/aromatic N) is 4. The molecule has 3 heterocycles. The highest BCUT2D eigenvalue weighted by molar-refractivity contribution is 7.92. The van der Waals surface area contributed by atoms with Crippen molar-refractivity contribution in [3.8, 4) is 11.3 Å². The Hall–Kier alpha value is -3.20. The van der Waals surface area contributed by atoms with Crippen LogP contribution in [0.25, 0.3) is 11.3 Å². The molecule has 0 saturated carbocycles. The Bertz CT molecular complexity index is 1070. The Balaban J connectivity index is 1.45. The molecule has 2 aromatic heterocycles. The molecule has 29 heavy (non-hydrogen) atoms. The normalized spacial score (nSPS) is 15.0. The number of benzene rings is 1. The summed E-state index contributed by atoms with van der Waals surface area (Å²) in [5.41, 5.74) is 0.775. The fourth-order valence-electron chi connectivity index (χ4n) is 3.04. The molecule has 0 amide bonds. The van der Waals surface area contributed by atoms with Crippen LogP contribution in [0.3, 0.4) is 0 Å². The summed E-state index contributed by atoms with van der Waals surface area (Å²) >= 11 is 0. The van der Waals surface area contributed by atoms with Gasteiger partial charge in [0.25, 0.3) is 10.0 Å². The summed E-state index contributed by atoms with van der Waals surface area (Å²) in [7, 11) is -3.76. The number of hydrogen-bond acceptors (Lipinski definition) is 7. The molecule has 1 aliphatic heterocycles. The van der Waals surface area contributed by atoms with E-state index in [1.54, 1.807) is 24.4 Å². The summed E-state index contributed by atoms with van der Waals surface area (Å²) in [5, 5.41) is 6.51. The molecule has 1 saturated heterocycles. The fourth-order valence-corrected chi connectivity index (χ4v) is 4.00. The molecule has 1 aliphatic rings. The second-order valence-corrected chi connectivity index (χ2v) is 8.35. The molecule has 0 atom stereocenters. The van der Waals surface area contributed by atoms with Crippen LogP contribution in [0.5, 0.6) is 0 Å². The van der Waals surface area contributed by atoms with Crippen LogP contribution in [0.4, 0.5) is 5.95 Å². The van der Waals surface area contributed by atoms with Crippen molar-refractivity contribution in [1.29, 1.82) is 0 Å². The molecular weight excluding hydrogens is 390 g/mol. The standard InChI is InChI=1S/C20H21N5O3S/c26-29(27,24-20-21-11-4-12-22-20)18-8-5-16(6-9-18)19-10-7-17(28-19)15-23-25-13-2-1-3-14-25/h4-12,15H,1-3,13-14H2,(H,21,22,24)/b23-15-. The van der Waals surface area contributed by atoms with Gasteiger partial charge in [-0.2, -0.15) is 5.10 Å². The van der Waals surface area contributed by atoms with E-state index in [1.165, 1.54) is 43.8 Å². The monoisotopic (exact) mass is 411 g/mol. The number of piperidine rings is 1. The molecule has 1 aromatic carbocycles. The summed E-state index contributed by atoms with van der Waals surface area (Å²) in [6.45, 7) is 1.95. The van der Waals surface area contributed by atoms with Crippen molar-refractivity contribution in [3.05, 3.63) is 60.6 Å². The number of furan rings is 1. The van der Waals surface area contributed by atoms with Gasteiger partial charge >= 0.3 is 0 Å². The number of anilines is 1. The van der Waals surface area contributed by atoms with Crippen LogP contribution in [0.1, 0.15) is 25.0 Å². The van der Waals surface area contributed by atoms with Gasteiger partial charge in [0.15, 0.2) is 0 Å². The summed E-state index contributed by atoms with van der Waals surface area (Å²) in [6, 6.07) is 11.7. The van der Waals surface area contributed by atoms with Gasteiger partial charge in [-0.25, -0.2) is 23.1 Å². The van der Waals surface area contributed by atoms with Crippen LogP contribution in [-0.4, -0.2) is 42.7 Å². The van der Waals surface area contributed by atoms with Crippen molar-refractivity contribution in [2.45, 2.75) is 24.2 Å². The molecule has 3 aromatic rings. The Morgan fingerprint density at radius 1 is 1.00 bits per heavy atom. The lowest BCUT2D eigenvalue weighted by Crippen LogP contribution is -2.24. The van der Waals surface area contributed by atoms with Gasteiger partial charge in [0.2, 0.25) is 5.95 Å². The quantitative estimate of drug-likeness (QED) is 0.624. The minimum atomic E-state index is -3.76. The lowest BCUT2D eigenvalue weighted by atomic mass is 10.2. The highest BCUT2D eigenvalue weighted by atomic mass is 32.2. The van der Waals surface area contributed by atoms with Gasteiger partial charge < -0.3 is 4.42 Å². The van der Waals surface area contributed by atoms with Crippen LogP contribution in [0.15, 0.2) is 69.3 Å². The molecule has 4 rings (SSSR count). The molecule has 1 N–H and O–H groups in total. The minimum Gasteiger partial charge on any atom is -0.455 e. The average Bonchev–Trinajstić information content (AvgIpc) is 3.23.